The zero-order chi connectivity index (χ0) is 21.3. The monoisotopic (exact) mass is 406 g/mol. The van der Waals surface area contributed by atoms with Crippen molar-refractivity contribution in [3.63, 3.8) is 0 Å². The first kappa shape index (κ1) is 20.6. The molecular weight excluding hydrogens is 385 g/mol. The van der Waals surface area contributed by atoms with Crippen LogP contribution < -0.4 is 10.9 Å². The predicted molar refractivity (Wildman–Crippen MR) is 104 cm³/mol. The Labute approximate surface area is 164 Å². The zero-order valence-electron chi connectivity index (χ0n) is 16.3. The molecule has 1 N–H and O–H groups in total. The summed E-state index contributed by atoms with van der Waals surface area (Å²) in [6.07, 6.45) is -3.48. The molecule has 0 spiro atoms. The Morgan fingerprint density at radius 3 is 2.52 bits per heavy atom. The zero-order valence-corrected chi connectivity index (χ0v) is 16.3. The molecule has 6 nitrogen and oxygen atoms in total. The molecule has 2 aromatic heterocycles. The fourth-order valence-corrected chi connectivity index (χ4v) is 3.05. The first-order valence-electron chi connectivity index (χ1n) is 9.15. The summed E-state index contributed by atoms with van der Waals surface area (Å²) in [4.78, 5) is 24.6. The van der Waals surface area contributed by atoms with E-state index in [-0.39, 0.29) is 29.9 Å². The number of pyridine rings is 1. The van der Waals surface area contributed by atoms with Crippen LogP contribution >= 0.6 is 0 Å². The Morgan fingerprint density at radius 2 is 1.90 bits per heavy atom. The van der Waals surface area contributed by atoms with Gasteiger partial charge in [0.15, 0.2) is 5.65 Å². The van der Waals surface area contributed by atoms with Crippen LogP contribution in [0.1, 0.15) is 30.0 Å². The van der Waals surface area contributed by atoms with Crippen molar-refractivity contribution in [3.8, 4) is 0 Å². The molecule has 3 aromatic rings. The van der Waals surface area contributed by atoms with Gasteiger partial charge in [-0.25, -0.2) is 0 Å². The number of anilines is 1. The van der Waals surface area contributed by atoms with Crippen molar-refractivity contribution in [2.45, 2.75) is 46.5 Å². The highest BCUT2D eigenvalue weighted by atomic mass is 19.4. The number of nitrogens with zero attached hydrogens (tertiary/aromatic N) is 3. The number of aromatic nitrogens is 3. The molecule has 0 saturated carbocycles. The first-order chi connectivity index (χ1) is 13.6. The Hall–Kier alpha value is -3.10. The summed E-state index contributed by atoms with van der Waals surface area (Å²) in [6, 6.07) is 6.04. The Kier molecular flexibility index (Phi) is 5.50. The van der Waals surface area contributed by atoms with Gasteiger partial charge >= 0.3 is 6.18 Å². The Morgan fingerprint density at radius 1 is 1.17 bits per heavy atom. The molecule has 29 heavy (non-hydrogen) atoms. The van der Waals surface area contributed by atoms with Gasteiger partial charge in [-0.05, 0) is 44.0 Å². The predicted octanol–water partition coefficient (Wildman–Crippen LogP) is 3.88. The van der Waals surface area contributed by atoms with E-state index in [1.807, 2.05) is 26.0 Å². The number of hydrogen-bond acceptors (Lipinski definition) is 3. The molecule has 0 aliphatic rings. The molecular formula is C20H21F3N4O2. The van der Waals surface area contributed by atoms with Gasteiger partial charge in [0.05, 0.1) is 5.56 Å². The third-order valence-electron chi connectivity index (χ3n) is 4.80. The van der Waals surface area contributed by atoms with Crippen LogP contribution in [0, 0.1) is 13.8 Å². The van der Waals surface area contributed by atoms with E-state index in [0.29, 0.717) is 18.3 Å². The number of halogens is 3. The lowest BCUT2D eigenvalue weighted by Gasteiger charge is -2.12. The van der Waals surface area contributed by atoms with Crippen molar-refractivity contribution >= 4 is 22.6 Å². The number of alkyl halides is 3. The van der Waals surface area contributed by atoms with Crippen molar-refractivity contribution in [2.24, 2.45) is 0 Å². The van der Waals surface area contributed by atoms with Gasteiger partial charge in [0.2, 0.25) is 5.91 Å². The molecule has 0 radical (unpaired) electrons. The normalized spacial score (nSPS) is 11.8. The molecule has 1 aromatic carbocycles. The van der Waals surface area contributed by atoms with Crippen LogP contribution in [0.3, 0.4) is 0 Å². The number of hydrogen-bond donors (Lipinski definition) is 1. The maximum Gasteiger partial charge on any atom is 0.417 e. The van der Waals surface area contributed by atoms with Crippen LogP contribution in [0.4, 0.5) is 18.9 Å². The van der Waals surface area contributed by atoms with Gasteiger partial charge in [-0.1, -0.05) is 6.07 Å². The van der Waals surface area contributed by atoms with Gasteiger partial charge in [0.1, 0.15) is 0 Å². The highest BCUT2D eigenvalue weighted by Crippen LogP contribution is 2.33. The van der Waals surface area contributed by atoms with Gasteiger partial charge in [-0.3, -0.25) is 18.8 Å². The SMILES string of the molecule is CCn1cc2c(C(F)(F)F)cc(=O)n(CCC(=O)Nc3ccc(C)c(C)c3)c2n1. The summed E-state index contributed by atoms with van der Waals surface area (Å²) in [5, 5.41) is 6.68. The standard InChI is InChI=1S/C20H21F3N4O2/c1-4-26-11-15-16(20(21,22)23)10-18(29)27(19(15)25-26)8-7-17(28)24-14-6-5-12(2)13(3)9-14/h5-6,9-11H,4,7-8H2,1-3H3,(H,24,28). The second-order valence-corrected chi connectivity index (χ2v) is 6.86. The van der Waals surface area contributed by atoms with Gasteiger partial charge < -0.3 is 5.32 Å². The fourth-order valence-electron chi connectivity index (χ4n) is 3.05. The molecule has 154 valence electrons. The topological polar surface area (TPSA) is 68.9 Å². The number of aryl methyl sites for hydroxylation is 4. The third-order valence-corrected chi connectivity index (χ3v) is 4.80. The second kappa shape index (κ2) is 7.73. The average Bonchev–Trinajstić information content (AvgIpc) is 3.06. The molecule has 0 aliphatic carbocycles. The molecule has 3 rings (SSSR count). The lowest BCUT2D eigenvalue weighted by molar-refractivity contribution is -0.136. The lowest BCUT2D eigenvalue weighted by Crippen LogP contribution is -2.25. The van der Waals surface area contributed by atoms with E-state index in [2.05, 4.69) is 10.4 Å². The molecule has 0 atom stereocenters. The van der Waals surface area contributed by atoms with E-state index in [1.165, 1.54) is 10.9 Å². The fraction of sp³-hybridized carbons (Fsp3) is 0.350. The quantitative estimate of drug-likeness (QED) is 0.699. The van der Waals surface area contributed by atoms with Crippen molar-refractivity contribution < 1.29 is 18.0 Å². The first-order valence-corrected chi connectivity index (χ1v) is 9.15. The number of fused-ring (bicyclic) bond motifs is 1. The van der Waals surface area contributed by atoms with Crippen LogP contribution in [0.5, 0.6) is 0 Å². The van der Waals surface area contributed by atoms with Gasteiger partial charge in [0.25, 0.3) is 5.56 Å². The van der Waals surface area contributed by atoms with Crippen LogP contribution in [-0.4, -0.2) is 20.3 Å². The molecule has 0 unspecified atom stereocenters. The number of benzene rings is 1. The summed E-state index contributed by atoms with van der Waals surface area (Å²) < 4.78 is 42.4. The van der Waals surface area contributed by atoms with Crippen LogP contribution in [0.15, 0.2) is 35.3 Å². The van der Waals surface area contributed by atoms with Crippen molar-refractivity contribution in [1.82, 2.24) is 14.3 Å². The largest absolute Gasteiger partial charge is 0.417 e. The van der Waals surface area contributed by atoms with E-state index < -0.39 is 17.3 Å². The maximum atomic E-state index is 13.3. The smallest absolute Gasteiger partial charge is 0.326 e. The summed E-state index contributed by atoms with van der Waals surface area (Å²) in [7, 11) is 0. The molecule has 0 bridgehead atoms. The highest BCUT2D eigenvalue weighted by Gasteiger charge is 2.35. The molecule has 1 amide bonds. The van der Waals surface area contributed by atoms with Crippen LogP contribution in [0.25, 0.3) is 11.0 Å². The lowest BCUT2D eigenvalue weighted by atomic mass is 10.1. The summed E-state index contributed by atoms with van der Waals surface area (Å²) >= 11 is 0. The third kappa shape index (κ3) is 4.33. The number of rotatable bonds is 5. The Bertz CT molecular complexity index is 1130. The molecule has 0 aliphatic heterocycles. The Balaban J connectivity index is 1.87. The summed E-state index contributed by atoms with van der Waals surface area (Å²) in [6.45, 7) is 5.89. The number of nitrogens with one attached hydrogen (secondary N) is 1. The van der Waals surface area contributed by atoms with Crippen LogP contribution in [0.2, 0.25) is 0 Å². The highest BCUT2D eigenvalue weighted by molar-refractivity contribution is 5.91. The number of carbonyl (C=O) groups is 1. The van der Waals surface area contributed by atoms with Gasteiger partial charge in [0, 0.05) is 42.8 Å². The minimum atomic E-state index is -4.67. The number of carbonyl (C=O) groups excluding carboxylic acids is 1. The van der Waals surface area contributed by atoms with E-state index in [1.54, 1.807) is 13.0 Å². The molecule has 0 fully saturated rings. The van der Waals surface area contributed by atoms with E-state index in [0.717, 1.165) is 15.7 Å². The second-order valence-electron chi connectivity index (χ2n) is 6.86. The van der Waals surface area contributed by atoms with E-state index in [9.17, 15) is 22.8 Å². The maximum absolute atomic E-state index is 13.3. The number of amides is 1. The van der Waals surface area contributed by atoms with Gasteiger partial charge in [-0.2, -0.15) is 18.3 Å². The minimum Gasteiger partial charge on any atom is -0.326 e. The molecule has 0 saturated heterocycles. The van der Waals surface area contributed by atoms with Gasteiger partial charge in [-0.15, -0.1) is 0 Å². The minimum absolute atomic E-state index is 0.0771. The van der Waals surface area contributed by atoms with Crippen molar-refractivity contribution in [2.75, 3.05) is 5.32 Å². The van der Waals surface area contributed by atoms with Crippen molar-refractivity contribution in [1.29, 1.82) is 0 Å². The summed E-state index contributed by atoms with van der Waals surface area (Å²) in [5.41, 5.74) is 0.795. The molecule has 2 heterocycles. The van der Waals surface area contributed by atoms with E-state index >= 15 is 0 Å². The average molecular weight is 406 g/mol. The van der Waals surface area contributed by atoms with Crippen LogP contribution in [-0.2, 0) is 24.1 Å². The van der Waals surface area contributed by atoms with Crippen molar-refractivity contribution in [3.05, 3.63) is 57.5 Å². The summed E-state index contributed by atoms with van der Waals surface area (Å²) in [5.74, 6) is -0.344. The van der Waals surface area contributed by atoms with E-state index in [4.69, 9.17) is 0 Å². The molecule has 9 heteroatoms.